The highest BCUT2D eigenvalue weighted by Crippen LogP contribution is 2.49. The Labute approximate surface area is 256 Å². The third-order valence-corrected chi connectivity index (χ3v) is 9.50. The number of carboxylic acid groups (broad SMARTS) is 1. The number of piperidine rings is 1. The Morgan fingerprint density at radius 1 is 1.20 bits per heavy atom. The van der Waals surface area contributed by atoms with E-state index >= 15 is 4.39 Å². The number of fused-ring (bicyclic) bond motifs is 3. The van der Waals surface area contributed by atoms with Crippen molar-refractivity contribution < 1.29 is 23.4 Å². The number of nitrogens with zero attached hydrogens (tertiary/aromatic N) is 7. The lowest BCUT2D eigenvalue weighted by Crippen LogP contribution is -2.55. The highest BCUT2D eigenvalue weighted by molar-refractivity contribution is 6.36. The highest BCUT2D eigenvalue weighted by atomic mass is 35.5. The molecular weight excluding hydrogens is 592 g/mol. The van der Waals surface area contributed by atoms with Gasteiger partial charge in [-0.2, -0.15) is 15.2 Å². The van der Waals surface area contributed by atoms with Crippen LogP contribution in [0.2, 0.25) is 5.02 Å². The number of likely N-dealkylation sites (tertiary alicyclic amines) is 1. The van der Waals surface area contributed by atoms with Gasteiger partial charge in [-0.15, -0.1) is 0 Å². The highest BCUT2D eigenvalue weighted by Gasteiger charge is 2.51. The average molecular weight is 620 g/mol. The molecule has 4 atom stereocenters. The van der Waals surface area contributed by atoms with Gasteiger partial charge in [-0.3, -0.25) is 9.88 Å². The minimum absolute atomic E-state index is 0.0130. The molecule has 1 N–H and O–H groups in total. The minimum atomic E-state index is -1.11. The third-order valence-electron chi connectivity index (χ3n) is 9.13. The number of piperazine rings is 1. The number of hydrogen-bond donors (Lipinski definition) is 1. The molecule has 4 aromatic rings. The summed E-state index contributed by atoms with van der Waals surface area (Å²) in [6.07, 6.45) is 1.50. The largest absolute Gasteiger partial charge is 0.465 e. The average Bonchev–Trinajstić information content (AvgIpc) is 3.70. The molecule has 3 fully saturated rings. The Hall–Kier alpha value is -4.34. The molecule has 2 aliphatic heterocycles. The fourth-order valence-corrected chi connectivity index (χ4v) is 7.07. The van der Waals surface area contributed by atoms with E-state index in [4.69, 9.17) is 16.3 Å². The van der Waals surface area contributed by atoms with Crippen LogP contribution in [0.25, 0.3) is 32.9 Å². The van der Waals surface area contributed by atoms with E-state index in [9.17, 15) is 19.6 Å². The molecule has 4 heterocycles. The first-order valence-corrected chi connectivity index (χ1v) is 14.8. The van der Waals surface area contributed by atoms with Crippen molar-refractivity contribution in [1.82, 2.24) is 24.8 Å². The summed E-state index contributed by atoms with van der Waals surface area (Å²) in [6.45, 7) is 1.91. The molecule has 0 radical (unpaired) electrons. The Morgan fingerprint density at radius 3 is 2.80 bits per heavy atom. The number of anilines is 1. The topological polar surface area (TPSA) is 119 Å². The van der Waals surface area contributed by atoms with Crippen LogP contribution in [0.1, 0.15) is 12.8 Å². The van der Waals surface area contributed by atoms with Gasteiger partial charge in [0, 0.05) is 49.4 Å². The monoisotopic (exact) mass is 619 g/mol. The predicted molar refractivity (Wildman–Crippen MR) is 160 cm³/mol. The Bertz CT molecular complexity index is 1850. The molecule has 0 unspecified atom stereocenters. The van der Waals surface area contributed by atoms with Crippen LogP contribution >= 0.6 is 11.6 Å². The molecule has 10 nitrogen and oxygen atoms in total. The normalized spacial score (nSPS) is 23.2. The van der Waals surface area contributed by atoms with E-state index in [1.165, 1.54) is 17.2 Å². The number of ether oxygens (including phenoxy) is 1. The number of benzene rings is 2. The smallest absolute Gasteiger partial charge is 0.407 e. The van der Waals surface area contributed by atoms with Crippen LogP contribution in [0.4, 0.5) is 19.4 Å². The molecule has 2 aromatic heterocycles. The van der Waals surface area contributed by atoms with Crippen LogP contribution in [0.15, 0.2) is 36.5 Å². The first-order valence-electron chi connectivity index (χ1n) is 14.4. The fraction of sp³-hybridized carbons (Fsp3) is 0.387. The van der Waals surface area contributed by atoms with Gasteiger partial charge in [0.2, 0.25) is 0 Å². The molecule has 226 valence electrons. The Balaban J connectivity index is 1.34. The summed E-state index contributed by atoms with van der Waals surface area (Å²) in [5.74, 6) is 0.187. The molecule has 2 saturated heterocycles. The molecule has 13 heteroatoms. The second kappa shape index (κ2) is 11.0. The molecular formula is C31H28ClF2N7O3. The summed E-state index contributed by atoms with van der Waals surface area (Å²) in [7, 11) is 2.06. The number of rotatable bonds is 6. The maximum absolute atomic E-state index is 16.6. The van der Waals surface area contributed by atoms with Gasteiger partial charge < -0.3 is 19.6 Å². The molecule has 1 saturated carbocycles. The molecule has 2 aromatic carbocycles. The van der Waals surface area contributed by atoms with E-state index < -0.39 is 23.8 Å². The fourth-order valence-electron chi connectivity index (χ4n) is 6.80. The number of nitriles is 1. The van der Waals surface area contributed by atoms with Crippen LogP contribution in [0, 0.1) is 34.8 Å². The SMILES string of the molecule is CN1C[C@H]2C[C@H]2[C@H]1COc1nc(N2CCN(C(=O)O)[C@@H](CC#N)C2)c2cnc(-c3cccc4ccc(F)c(Cl)c34)c(F)c2n1. The van der Waals surface area contributed by atoms with Crippen molar-refractivity contribution in [3.05, 3.63) is 53.2 Å². The van der Waals surface area contributed by atoms with Crippen molar-refractivity contribution in [2.24, 2.45) is 11.8 Å². The van der Waals surface area contributed by atoms with Crippen LogP contribution in [-0.4, -0.2) is 87.9 Å². The first-order chi connectivity index (χ1) is 21.2. The van der Waals surface area contributed by atoms with Crippen LogP contribution in [0.3, 0.4) is 0 Å². The van der Waals surface area contributed by atoms with Gasteiger partial charge in [-0.25, -0.2) is 13.6 Å². The summed E-state index contributed by atoms with van der Waals surface area (Å²) in [6, 6.07) is 9.58. The summed E-state index contributed by atoms with van der Waals surface area (Å²) >= 11 is 6.36. The van der Waals surface area contributed by atoms with Gasteiger partial charge >= 0.3 is 12.1 Å². The van der Waals surface area contributed by atoms with E-state index in [2.05, 4.69) is 33.0 Å². The summed E-state index contributed by atoms with van der Waals surface area (Å²) < 4.78 is 37.2. The standard InChI is InChI=1S/C31H28ClF2N7O3/c1-39-13-17-11-20(17)23(39)15-44-30-37-28-21(29(38-30)40-9-10-41(31(42)43)18(14-40)7-8-35)12-36-27(26(28)34)19-4-2-3-16-5-6-22(33)25(32)24(16)19/h2-6,12,17-18,20,23H,7,9-11,13-15H2,1H3,(H,42,43)/t17-,18+,20-,23-/m1/s1. The van der Waals surface area contributed by atoms with Gasteiger partial charge in [0.15, 0.2) is 5.82 Å². The lowest BCUT2D eigenvalue weighted by molar-refractivity contribution is 0.119. The zero-order valence-corrected chi connectivity index (χ0v) is 24.5. The van der Waals surface area contributed by atoms with E-state index in [-0.39, 0.29) is 54.3 Å². The molecule has 0 bridgehead atoms. The molecule has 44 heavy (non-hydrogen) atoms. The van der Waals surface area contributed by atoms with Gasteiger partial charge in [0.25, 0.3) is 0 Å². The number of aromatic nitrogens is 3. The molecule has 3 aliphatic rings. The van der Waals surface area contributed by atoms with E-state index in [0.717, 1.165) is 13.0 Å². The quantitative estimate of drug-likeness (QED) is 0.311. The minimum Gasteiger partial charge on any atom is -0.465 e. The van der Waals surface area contributed by atoms with Gasteiger partial charge in [0.05, 0.1) is 28.9 Å². The molecule has 1 aliphatic carbocycles. The summed E-state index contributed by atoms with van der Waals surface area (Å²) in [4.78, 5) is 30.8. The Morgan fingerprint density at radius 2 is 2.05 bits per heavy atom. The maximum atomic E-state index is 16.6. The van der Waals surface area contributed by atoms with Crippen molar-refractivity contribution in [1.29, 1.82) is 5.26 Å². The molecule has 7 rings (SSSR count). The van der Waals surface area contributed by atoms with Gasteiger partial charge in [-0.1, -0.05) is 35.9 Å². The first kappa shape index (κ1) is 28.4. The van der Waals surface area contributed by atoms with E-state index in [1.807, 2.05) is 4.90 Å². The predicted octanol–water partition coefficient (Wildman–Crippen LogP) is 5.19. The zero-order valence-electron chi connectivity index (χ0n) is 23.8. The Kier molecular flexibility index (Phi) is 7.10. The number of amides is 1. The van der Waals surface area contributed by atoms with Crippen molar-refractivity contribution in [3.8, 4) is 23.3 Å². The van der Waals surface area contributed by atoms with Gasteiger partial charge in [0.1, 0.15) is 29.5 Å². The number of carbonyl (C=O) groups is 1. The van der Waals surface area contributed by atoms with Gasteiger partial charge in [-0.05, 0) is 36.8 Å². The van der Waals surface area contributed by atoms with Crippen LogP contribution in [-0.2, 0) is 0 Å². The van der Waals surface area contributed by atoms with E-state index in [1.54, 1.807) is 24.3 Å². The second-order valence-electron chi connectivity index (χ2n) is 11.7. The number of halogens is 3. The summed E-state index contributed by atoms with van der Waals surface area (Å²) in [5, 5.41) is 20.2. The number of likely N-dealkylation sites (N-methyl/N-ethyl adjacent to an activating group) is 1. The van der Waals surface area contributed by atoms with Crippen molar-refractivity contribution in [2.45, 2.75) is 24.9 Å². The third kappa shape index (κ3) is 4.80. The van der Waals surface area contributed by atoms with Crippen molar-refractivity contribution >= 4 is 45.2 Å². The lowest BCUT2D eigenvalue weighted by Gasteiger charge is -2.39. The summed E-state index contributed by atoms with van der Waals surface area (Å²) in [5.41, 5.74) is 0.215. The van der Waals surface area contributed by atoms with Crippen LogP contribution in [0.5, 0.6) is 6.01 Å². The zero-order chi connectivity index (χ0) is 30.7. The second-order valence-corrected chi connectivity index (χ2v) is 12.1. The molecule has 0 spiro atoms. The number of pyridine rings is 1. The maximum Gasteiger partial charge on any atom is 0.407 e. The van der Waals surface area contributed by atoms with Crippen molar-refractivity contribution in [3.63, 3.8) is 0 Å². The van der Waals surface area contributed by atoms with Crippen LogP contribution < -0.4 is 9.64 Å². The van der Waals surface area contributed by atoms with Crippen molar-refractivity contribution in [2.75, 3.05) is 44.7 Å². The lowest BCUT2D eigenvalue weighted by atomic mass is 10.0. The van der Waals surface area contributed by atoms with E-state index in [0.29, 0.717) is 46.0 Å². The number of hydrogen-bond acceptors (Lipinski definition) is 8. The molecule has 1 amide bonds.